The molecule has 4 aromatic rings. The van der Waals surface area contributed by atoms with Gasteiger partial charge in [-0.2, -0.15) is 0 Å². The van der Waals surface area contributed by atoms with Crippen molar-refractivity contribution in [2.45, 2.75) is 12.5 Å². The Hall–Kier alpha value is -3.73. The molecule has 4 rings (SSSR count). The van der Waals surface area contributed by atoms with Crippen LogP contribution in [-0.2, 0) is 6.54 Å². The van der Waals surface area contributed by atoms with Crippen LogP contribution >= 0.6 is 0 Å². The molecule has 1 aromatic heterocycles. The van der Waals surface area contributed by atoms with E-state index in [1.54, 1.807) is 7.11 Å². The lowest BCUT2D eigenvalue weighted by Crippen LogP contribution is -2.37. The number of hydrogen-bond donors (Lipinski definition) is 3. The Morgan fingerprint density at radius 3 is 2.60 bits per heavy atom. The fourth-order valence-corrected chi connectivity index (χ4v) is 3.70. The van der Waals surface area contributed by atoms with Crippen LogP contribution in [0.3, 0.4) is 0 Å². The van der Waals surface area contributed by atoms with Crippen LogP contribution in [0.15, 0.2) is 85.1 Å². The van der Waals surface area contributed by atoms with Gasteiger partial charge in [0.25, 0.3) is 0 Å². The average Bonchev–Trinajstić information content (AvgIpc) is 3.23. The molecule has 30 heavy (non-hydrogen) atoms. The molecule has 3 aromatic carbocycles. The highest BCUT2D eigenvalue weighted by molar-refractivity contribution is 5.84. The summed E-state index contributed by atoms with van der Waals surface area (Å²) in [4.78, 5) is 15.8. The van der Waals surface area contributed by atoms with E-state index in [0.29, 0.717) is 13.1 Å². The minimum atomic E-state index is -0.196. The standard InChI is InChI=1S/C25H25N3O2/c1-30-20-11-7-8-18(14-20)15-27-25(29)28-16-22(19-9-3-2-4-10-19)23-17-26-24-13-6-5-12-21(23)24/h2-14,17,22,26H,15-16H2,1H3,(H2,27,28,29)/t22-/m1/s1. The molecule has 0 aliphatic heterocycles. The lowest BCUT2D eigenvalue weighted by molar-refractivity contribution is 0.240. The number of carbonyl (C=O) groups is 1. The quantitative estimate of drug-likeness (QED) is 0.418. The number of carbonyl (C=O) groups excluding carboxylic acids is 1. The van der Waals surface area contributed by atoms with E-state index in [0.717, 1.165) is 22.4 Å². The Labute approximate surface area is 176 Å². The van der Waals surface area contributed by atoms with Crippen molar-refractivity contribution in [3.05, 3.63) is 102 Å². The first-order valence-corrected chi connectivity index (χ1v) is 10.00. The fourth-order valence-electron chi connectivity index (χ4n) is 3.70. The number of para-hydroxylation sites is 1. The SMILES string of the molecule is COc1cccc(CNC(=O)NC[C@H](c2ccccc2)c2c[nH]c3ccccc23)c1. The van der Waals surface area contributed by atoms with Crippen LogP contribution in [0.4, 0.5) is 4.79 Å². The van der Waals surface area contributed by atoms with Gasteiger partial charge >= 0.3 is 6.03 Å². The summed E-state index contributed by atoms with van der Waals surface area (Å²) in [6.07, 6.45) is 2.04. The van der Waals surface area contributed by atoms with Crippen molar-refractivity contribution in [2.24, 2.45) is 0 Å². The number of urea groups is 1. The van der Waals surface area contributed by atoms with Gasteiger partial charge in [0.1, 0.15) is 5.75 Å². The Bertz CT molecular complexity index is 1120. The predicted octanol–water partition coefficient (Wildman–Crippen LogP) is 4.81. The third kappa shape index (κ3) is 4.46. The van der Waals surface area contributed by atoms with Gasteiger partial charge < -0.3 is 20.4 Å². The van der Waals surface area contributed by atoms with E-state index >= 15 is 0 Å². The molecule has 2 amide bonds. The molecule has 0 saturated carbocycles. The summed E-state index contributed by atoms with van der Waals surface area (Å²) in [6.45, 7) is 0.932. The number of benzene rings is 3. The van der Waals surface area contributed by atoms with E-state index in [1.165, 1.54) is 10.9 Å². The molecular formula is C25H25N3O2. The first-order valence-electron chi connectivity index (χ1n) is 10.00. The van der Waals surface area contributed by atoms with Gasteiger partial charge in [0, 0.05) is 36.1 Å². The highest BCUT2D eigenvalue weighted by atomic mass is 16.5. The monoisotopic (exact) mass is 399 g/mol. The number of amides is 2. The summed E-state index contributed by atoms with van der Waals surface area (Å²) in [6, 6.07) is 26.0. The summed E-state index contributed by atoms with van der Waals surface area (Å²) in [5.74, 6) is 0.822. The van der Waals surface area contributed by atoms with Gasteiger partial charge in [-0.1, -0.05) is 60.7 Å². The summed E-state index contributed by atoms with van der Waals surface area (Å²) >= 11 is 0. The molecule has 0 radical (unpaired) electrons. The van der Waals surface area contributed by atoms with Crippen LogP contribution in [0.5, 0.6) is 5.75 Å². The maximum Gasteiger partial charge on any atom is 0.315 e. The second-order valence-corrected chi connectivity index (χ2v) is 7.17. The molecule has 0 fully saturated rings. The molecule has 1 atom stereocenters. The highest BCUT2D eigenvalue weighted by Crippen LogP contribution is 2.30. The minimum Gasteiger partial charge on any atom is -0.497 e. The molecule has 152 valence electrons. The summed E-state index contributed by atoms with van der Waals surface area (Å²) in [7, 11) is 1.63. The lowest BCUT2D eigenvalue weighted by atomic mass is 9.91. The third-order valence-electron chi connectivity index (χ3n) is 5.25. The van der Waals surface area contributed by atoms with Crippen LogP contribution in [0.2, 0.25) is 0 Å². The molecule has 5 nitrogen and oxygen atoms in total. The van der Waals surface area contributed by atoms with E-state index in [2.05, 4.69) is 39.9 Å². The molecule has 0 unspecified atom stereocenters. The van der Waals surface area contributed by atoms with Gasteiger partial charge in [0.2, 0.25) is 0 Å². The minimum absolute atomic E-state index is 0.0462. The molecule has 0 bridgehead atoms. The lowest BCUT2D eigenvalue weighted by Gasteiger charge is -2.18. The van der Waals surface area contributed by atoms with Gasteiger partial charge in [-0.15, -0.1) is 0 Å². The molecule has 0 saturated heterocycles. The second-order valence-electron chi connectivity index (χ2n) is 7.17. The Kier molecular flexibility index (Phi) is 5.99. The zero-order chi connectivity index (χ0) is 20.8. The van der Waals surface area contributed by atoms with Gasteiger partial charge in [-0.25, -0.2) is 4.79 Å². The summed E-state index contributed by atoms with van der Waals surface area (Å²) in [5, 5.41) is 7.14. The van der Waals surface area contributed by atoms with Gasteiger partial charge in [0.15, 0.2) is 0 Å². The first kappa shape index (κ1) is 19.6. The van der Waals surface area contributed by atoms with E-state index in [-0.39, 0.29) is 11.9 Å². The van der Waals surface area contributed by atoms with E-state index in [9.17, 15) is 4.79 Å². The zero-order valence-corrected chi connectivity index (χ0v) is 16.9. The van der Waals surface area contributed by atoms with Crippen molar-refractivity contribution >= 4 is 16.9 Å². The number of ether oxygens (including phenoxy) is 1. The van der Waals surface area contributed by atoms with Crippen molar-refractivity contribution in [3.63, 3.8) is 0 Å². The van der Waals surface area contributed by atoms with Crippen LogP contribution in [0.1, 0.15) is 22.6 Å². The Morgan fingerprint density at radius 1 is 0.967 bits per heavy atom. The third-order valence-corrected chi connectivity index (χ3v) is 5.25. The summed E-state index contributed by atoms with van der Waals surface area (Å²) in [5.41, 5.74) is 4.41. The van der Waals surface area contributed by atoms with Crippen LogP contribution < -0.4 is 15.4 Å². The molecular weight excluding hydrogens is 374 g/mol. The smallest absolute Gasteiger partial charge is 0.315 e. The average molecular weight is 399 g/mol. The normalized spacial score (nSPS) is 11.8. The predicted molar refractivity (Wildman–Crippen MR) is 120 cm³/mol. The number of nitrogens with one attached hydrogen (secondary N) is 3. The second kappa shape index (κ2) is 9.18. The molecule has 0 aliphatic rings. The van der Waals surface area contributed by atoms with Gasteiger partial charge in [-0.05, 0) is 34.9 Å². The van der Waals surface area contributed by atoms with E-state index in [1.807, 2.05) is 60.8 Å². The highest BCUT2D eigenvalue weighted by Gasteiger charge is 2.18. The van der Waals surface area contributed by atoms with Gasteiger partial charge in [-0.3, -0.25) is 0 Å². The molecule has 1 heterocycles. The van der Waals surface area contributed by atoms with Gasteiger partial charge in [0.05, 0.1) is 7.11 Å². The summed E-state index contributed by atoms with van der Waals surface area (Å²) < 4.78 is 5.23. The topological polar surface area (TPSA) is 66.2 Å². The number of hydrogen-bond acceptors (Lipinski definition) is 2. The number of methoxy groups -OCH3 is 1. The number of aromatic nitrogens is 1. The first-order chi connectivity index (χ1) is 14.7. The molecule has 0 aliphatic carbocycles. The van der Waals surface area contributed by atoms with Crippen molar-refractivity contribution in [1.29, 1.82) is 0 Å². The fraction of sp³-hybridized carbons (Fsp3) is 0.160. The Balaban J connectivity index is 1.46. The Morgan fingerprint density at radius 2 is 1.77 bits per heavy atom. The van der Waals surface area contributed by atoms with Crippen LogP contribution in [0.25, 0.3) is 10.9 Å². The van der Waals surface area contributed by atoms with E-state index < -0.39 is 0 Å². The maximum atomic E-state index is 12.5. The van der Waals surface area contributed by atoms with Crippen LogP contribution in [0, 0.1) is 0 Å². The van der Waals surface area contributed by atoms with Crippen molar-refractivity contribution in [2.75, 3.05) is 13.7 Å². The molecule has 5 heteroatoms. The zero-order valence-electron chi connectivity index (χ0n) is 16.9. The maximum absolute atomic E-state index is 12.5. The van der Waals surface area contributed by atoms with Crippen LogP contribution in [-0.4, -0.2) is 24.7 Å². The number of rotatable bonds is 7. The number of fused-ring (bicyclic) bond motifs is 1. The van der Waals surface area contributed by atoms with Crippen molar-refractivity contribution in [1.82, 2.24) is 15.6 Å². The number of H-pyrrole nitrogens is 1. The van der Waals surface area contributed by atoms with Crippen molar-refractivity contribution in [3.8, 4) is 5.75 Å². The van der Waals surface area contributed by atoms with E-state index in [4.69, 9.17) is 4.74 Å². The molecule has 3 N–H and O–H groups in total. The molecule has 0 spiro atoms. The largest absolute Gasteiger partial charge is 0.497 e. The number of aromatic amines is 1. The van der Waals surface area contributed by atoms with Crippen molar-refractivity contribution < 1.29 is 9.53 Å².